The van der Waals surface area contributed by atoms with Crippen LogP contribution in [-0.2, 0) is 14.4 Å². The van der Waals surface area contributed by atoms with Gasteiger partial charge < -0.3 is 5.11 Å². The maximum Gasteiger partial charge on any atom is 0.308 e. The number of amides is 2. The number of hydrogen-bond donors (Lipinski definition) is 1. The topological polar surface area (TPSA) is 74.7 Å². The maximum absolute atomic E-state index is 11.9. The van der Waals surface area contributed by atoms with Crippen molar-refractivity contribution in [3.63, 3.8) is 0 Å². The Kier molecular flexibility index (Phi) is 3.50. The first-order valence-electron chi connectivity index (χ1n) is 6.31. The van der Waals surface area contributed by atoms with E-state index in [0.717, 1.165) is 24.2 Å². The van der Waals surface area contributed by atoms with Crippen LogP contribution in [0.4, 0.5) is 0 Å². The first kappa shape index (κ1) is 12.8. The van der Waals surface area contributed by atoms with Crippen LogP contribution in [0.3, 0.4) is 0 Å². The third-order valence-corrected chi connectivity index (χ3v) is 3.76. The maximum atomic E-state index is 11.9. The van der Waals surface area contributed by atoms with Crippen molar-refractivity contribution >= 4 is 17.8 Å². The lowest BCUT2D eigenvalue weighted by Crippen LogP contribution is -2.46. The molecule has 2 aliphatic rings. The van der Waals surface area contributed by atoms with E-state index >= 15 is 0 Å². The Labute approximate surface area is 105 Å². The molecule has 2 amide bonds. The molecule has 18 heavy (non-hydrogen) atoms. The molecule has 0 aromatic carbocycles. The second kappa shape index (κ2) is 4.92. The highest BCUT2D eigenvalue weighted by Gasteiger charge is 2.41. The van der Waals surface area contributed by atoms with Crippen LogP contribution in [0, 0.1) is 5.92 Å². The lowest BCUT2D eigenvalue weighted by Gasteiger charge is -2.29. The SMILES string of the molecule is CC1=CC(=O)N(C2CCCCCC2C(=O)O)C1=O. The Bertz CT molecular complexity index is 427. The van der Waals surface area contributed by atoms with E-state index < -0.39 is 17.9 Å². The highest BCUT2D eigenvalue weighted by Crippen LogP contribution is 2.30. The molecule has 0 bridgehead atoms. The van der Waals surface area contributed by atoms with E-state index in [1.54, 1.807) is 6.92 Å². The Morgan fingerprint density at radius 1 is 1.28 bits per heavy atom. The van der Waals surface area contributed by atoms with Crippen molar-refractivity contribution < 1.29 is 19.5 Å². The van der Waals surface area contributed by atoms with Crippen molar-refractivity contribution in [3.8, 4) is 0 Å². The quantitative estimate of drug-likeness (QED) is 0.593. The number of hydrogen-bond acceptors (Lipinski definition) is 3. The molecular weight excluding hydrogens is 234 g/mol. The van der Waals surface area contributed by atoms with Crippen molar-refractivity contribution in [3.05, 3.63) is 11.6 Å². The van der Waals surface area contributed by atoms with Gasteiger partial charge in [-0.05, 0) is 19.8 Å². The van der Waals surface area contributed by atoms with Crippen molar-refractivity contribution in [2.24, 2.45) is 5.92 Å². The van der Waals surface area contributed by atoms with Crippen molar-refractivity contribution in [2.75, 3.05) is 0 Å². The lowest BCUT2D eigenvalue weighted by atomic mass is 9.93. The molecule has 1 aliphatic heterocycles. The van der Waals surface area contributed by atoms with E-state index in [1.165, 1.54) is 6.08 Å². The summed E-state index contributed by atoms with van der Waals surface area (Å²) in [5.74, 6) is -2.24. The zero-order chi connectivity index (χ0) is 13.3. The van der Waals surface area contributed by atoms with Gasteiger partial charge in [-0.1, -0.05) is 19.3 Å². The molecule has 0 aromatic heterocycles. The van der Waals surface area contributed by atoms with Gasteiger partial charge in [0.1, 0.15) is 0 Å². The molecule has 5 nitrogen and oxygen atoms in total. The van der Waals surface area contributed by atoms with Crippen LogP contribution in [-0.4, -0.2) is 33.8 Å². The van der Waals surface area contributed by atoms with E-state index in [4.69, 9.17) is 0 Å². The molecule has 1 heterocycles. The van der Waals surface area contributed by atoms with E-state index in [1.807, 2.05) is 0 Å². The van der Waals surface area contributed by atoms with Gasteiger partial charge in [-0.2, -0.15) is 0 Å². The number of imide groups is 1. The van der Waals surface area contributed by atoms with E-state index in [0.29, 0.717) is 18.4 Å². The molecule has 2 unspecified atom stereocenters. The van der Waals surface area contributed by atoms with Gasteiger partial charge in [0.2, 0.25) is 0 Å². The molecule has 98 valence electrons. The average molecular weight is 251 g/mol. The zero-order valence-electron chi connectivity index (χ0n) is 10.4. The number of carbonyl (C=O) groups excluding carboxylic acids is 2. The summed E-state index contributed by atoms with van der Waals surface area (Å²) in [4.78, 5) is 36.2. The van der Waals surface area contributed by atoms with Gasteiger partial charge in [0, 0.05) is 11.6 Å². The molecule has 0 radical (unpaired) electrons. The predicted octanol–water partition coefficient (Wildman–Crippen LogP) is 1.33. The molecule has 1 aliphatic carbocycles. The Balaban J connectivity index is 2.26. The van der Waals surface area contributed by atoms with Crippen molar-refractivity contribution in [1.29, 1.82) is 0 Å². The molecule has 1 N–H and O–H groups in total. The summed E-state index contributed by atoms with van der Waals surface area (Å²) in [5.41, 5.74) is 0.397. The number of carboxylic acid groups (broad SMARTS) is 1. The third kappa shape index (κ3) is 2.17. The largest absolute Gasteiger partial charge is 0.481 e. The van der Waals surface area contributed by atoms with Crippen LogP contribution in [0.5, 0.6) is 0 Å². The molecule has 0 spiro atoms. The van der Waals surface area contributed by atoms with E-state index in [9.17, 15) is 19.5 Å². The summed E-state index contributed by atoms with van der Waals surface area (Å²) in [6.07, 6.45) is 5.10. The summed E-state index contributed by atoms with van der Waals surface area (Å²) in [6, 6.07) is -0.487. The van der Waals surface area contributed by atoms with Gasteiger partial charge in [-0.3, -0.25) is 19.3 Å². The number of carbonyl (C=O) groups is 3. The van der Waals surface area contributed by atoms with Crippen LogP contribution in [0.15, 0.2) is 11.6 Å². The standard InChI is InChI=1S/C13H17NO4/c1-8-7-11(15)14(12(8)16)10-6-4-2-3-5-9(10)13(17)18/h7,9-10H,2-6H2,1H3,(H,17,18). The summed E-state index contributed by atoms with van der Waals surface area (Å²) in [5, 5.41) is 9.27. The minimum Gasteiger partial charge on any atom is -0.481 e. The van der Waals surface area contributed by atoms with Crippen LogP contribution < -0.4 is 0 Å². The number of nitrogens with zero attached hydrogens (tertiary/aromatic N) is 1. The molecule has 1 fully saturated rings. The highest BCUT2D eigenvalue weighted by molar-refractivity contribution is 6.16. The fourth-order valence-corrected chi connectivity index (χ4v) is 2.81. The van der Waals surface area contributed by atoms with Gasteiger partial charge in [0.15, 0.2) is 0 Å². The monoisotopic (exact) mass is 251 g/mol. The molecule has 1 saturated carbocycles. The Hall–Kier alpha value is -1.65. The summed E-state index contributed by atoms with van der Waals surface area (Å²) in [6.45, 7) is 1.59. The zero-order valence-corrected chi connectivity index (χ0v) is 10.4. The summed E-state index contributed by atoms with van der Waals surface area (Å²) >= 11 is 0. The molecular formula is C13H17NO4. The van der Waals surface area contributed by atoms with Crippen LogP contribution in [0.25, 0.3) is 0 Å². The summed E-state index contributed by atoms with van der Waals surface area (Å²) in [7, 11) is 0. The van der Waals surface area contributed by atoms with Crippen molar-refractivity contribution in [1.82, 2.24) is 4.90 Å². The van der Waals surface area contributed by atoms with Gasteiger partial charge in [0.25, 0.3) is 11.8 Å². The first-order valence-corrected chi connectivity index (χ1v) is 6.31. The smallest absolute Gasteiger partial charge is 0.308 e. The fraction of sp³-hybridized carbons (Fsp3) is 0.615. The third-order valence-electron chi connectivity index (χ3n) is 3.76. The second-order valence-corrected chi connectivity index (χ2v) is 4.99. The van der Waals surface area contributed by atoms with Crippen molar-refractivity contribution in [2.45, 2.75) is 45.1 Å². The first-order chi connectivity index (χ1) is 8.52. The summed E-state index contributed by atoms with van der Waals surface area (Å²) < 4.78 is 0. The van der Waals surface area contributed by atoms with Gasteiger partial charge in [-0.25, -0.2) is 0 Å². The normalized spacial score (nSPS) is 29.2. The fourth-order valence-electron chi connectivity index (χ4n) is 2.81. The Morgan fingerprint density at radius 2 is 1.94 bits per heavy atom. The minimum absolute atomic E-state index is 0.335. The van der Waals surface area contributed by atoms with E-state index in [-0.39, 0.29) is 11.8 Å². The number of aliphatic carboxylic acids is 1. The Morgan fingerprint density at radius 3 is 2.50 bits per heavy atom. The minimum atomic E-state index is -0.910. The number of rotatable bonds is 2. The molecule has 2 rings (SSSR count). The predicted molar refractivity (Wildman–Crippen MR) is 63.6 cm³/mol. The molecule has 0 saturated heterocycles. The molecule has 2 atom stereocenters. The lowest BCUT2D eigenvalue weighted by molar-refractivity contribution is -0.149. The van der Waals surface area contributed by atoms with Crippen LogP contribution in [0.2, 0.25) is 0 Å². The second-order valence-electron chi connectivity index (χ2n) is 4.99. The number of carboxylic acids is 1. The highest BCUT2D eigenvalue weighted by atomic mass is 16.4. The van der Waals surface area contributed by atoms with Crippen LogP contribution >= 0.6 is 0 Å². The van der Waals surface area contributed by atoms with E-state index in [2.05, 4.69) is 0 Å². The van der Waals surface area contributed by atoms with Gasteiger partial charge in [-0.15, -0.1) is 0 Å². The molecule has 5 heteroatoms. The van der Waals surface area contributed by atoms with Gasteiger partial charge >= 0.3 is 5.97 Å². The molecule has 0 aromatic rings. The van der Waals surface area contributed by atoms with Gasteiger partial charge in [0.05, 0.1) is 12.0 Å². The average Bonchev–Trinajstić information content (AvgIpc) is 2.52. The van der Waals surface area contributed by atoms with Crippen LogP contribution in [0.1, 0.15) is 39.0 Å².